The second kappa shape index (κ2) is 8.91. The molecular formula is C14H21N3O4. The third-order valence-corrected chi connectivity index (χ3v) is 2.81. The van der Waals surface area contributed by atoms with Crippen LogP contribution in [0.5, 0.6) is 5.75 Å². The van der Waals surface area contributed by atoms with Gasteiger partial charge < -0.3 is 15.4 Å². The first-order valence-electron chi connectivity index (χ1n) is 6.91. The summed E-state index contributed by atoms with van der Waals surface area (Å²) < 4.78 is 5.31. The highest BCUT2D eigenvalue weighted by Gasteiger charge is 2.14. The largest absolute Gasteiger partial charge is 0.486 e. The van der Waals surface area contributed by atoms with Crippen LogP contribution in [-0.2, 0) is 4.79 Å². The Hall–Kier alpha value is -2.15. The zero-order chi connectivity index (χ0) is 15.7. The topological polar surface area (TPSA) is 93.5 Å². The van der Waals surface area contributed by atoms with Crippen LogP contribution in [0.25, 0.3) is 0 Å². The number of rotatable bonds is 9. The summed E-state index contributed by atoms with van der Waals surface area (Å²) in [5.41, 5.74) is -0.0984. The second-order valence-electron chi connectivity index (χ2n) is 4.59. The Balaban J connectivity index is 2.33. The number of nitro benzene ring substituents is 1. The average Bonchev–Trinajstić information content (AvgIpc) is 2.46. The maximum absolute atomic E-state index is 11.6. The molecule has 0 spiro atoms. The predicted molar refractivity (Wildman–Crippen MR) is 79.4 cm³/mol. The van der Waals surface area contributed by atoms with Crippen LogP contribution >= 0.6 is 0 Å². The first-order valence-corrected chi connectivity index (χ1v) is 6.91. The van der Waals surface area contributed by atoms with Gasteiger partial charge in [0.25, 0.3) is 0 Å². The molecule has 0 aliphatic rings. The van der Waals surface area contributed by atoms with Gasteiger partial charge in [0.2, 0.25) is 5.91 Å². The smallest absolute Gasteiger partial charge is 0.310 e. The standard InChI is InChI=1S/C14H21N3O4/c1-3-15-11(2)10-16-14(18)8-9-21-13-7-5-4-6-12(13)17(19)20/h4-7,11,15H,3,8-10H2,1-2H3,(H,16,18)/t11-/m1/s1. The molecule has 0 heterocycles. The minimum atomic E-state index is -0.506. The van der Waals surface area contributed by atoms with Gasteiger partial charge in [0.05, 0.1) is 18.0 Å². The van der Waals surface area contributed by atoms with Gasteiger partial charge in [-0.25, -0.2) is 0 Å². The van der Waals surface area contributed by atoms with Gasteiger partial charge >= 0.3 is 5.69 Å². The van der Waals surface area contributed by atoms with Crippen molar-refractivity contribution in [2.24, 2.45) is 0 Å². The number of likely N-dealkylation sites (N-methyl/N-ethyl adjacent to an activating group) is 1. The van der Waals surface area contributed by atoms with Crippen LogP contribution < -0.4 is 15.4 Å². The van der Waals surface area contributed by atoms with Gasteiger partial charge in [-0.2, -0.15) is 0 Å². The molecule has 0 aliphatic heterocycles. The van der Waals surface area contributed by atoms with E-state index >= 15 is 0 Å². The van der Waals surface area contributed by atoms with E-state index in [1.165, 1.54) is 12.1 Å². The summed E-state index contributed by atoms with van der Waals surface area (Å²) in [4.78, 5) is 21.9. The van der Waals surface area contributed by atoms with Crippen molar-refractivity contribution < 1.29 is 14.5 Å². The molecule has 2 N–H and O–H groups in total. The third-order valence-electron chi connectivity index (χ3n) is 2.81. The van der Waals surface area contributed by atoms with Crippen molar-refractivity contribution in [3.8, 4) is 5.75 Å². The number of ether oxygens (including phenoxy) is 1. The number of amides is 1. The van der Waals surface area contributed by atoms with Gasteiger partial charge in [-0.3, -0.25) is 14.9 Å². The fourth-order valence-electron chi connectivity index (χ4n) is 1.76. The maximum atomic E-state index is 11.6. The molecule has 116 valence electrons. The fourth-order valence-corrected chi connectivity index (χ4v) is 1.76. The molecule has 0 saturated heterocycles. The number of para-hydroxylation sites is 2. The van der Waals surface area contributed by atoms with E-state index in [0.717, 1.165) is 6.54 Å². The van der Waals surface area contributed by atoms with E-state index in [1.807, 2.05) is 13.8 Å². The maximum Gasteiger partial charge on any atom is 0.310 e. The molecule has 0 bridgehead atoms. The summed E-state index contributed by atoms with van der Waals surface area (Å²) in [6.07, 6.45) is 0.158. The molecule has 1 rings (SSSR count). The van der Waals surface area contributed by atoms with E-state index in [1.54, 1.807) is 12.1 Å². The normalized spacial score (nSPS) is 11.7. The molecule has 0 aromatic heterocycles. The Morgan fingerprint density at radius 3 is 2.81 bits per heavy atom. The first-order chi connectivity index (χ1) is 10.0. The van der Waals surface area contributed by atoms with Crippen LogP contribution in [0.1, 0.15) is 20.3 Å². The molecule has 0 fully saturated rings. The summed E-state index contributed by atoms with van der Waals surface area (Å²) in [7, 11) is 0. The number of nitrogens with one attached hydrogen (secondary N) is 2. The van der Waals surface area contributed by atoms with Crippen LogP contribution in [-0.4, -0.2) is 36.6 Å². The van der Waals surface area contributed by atoms with Crippen molar-refractivity contribution >= 4 is 11.6 Å². The minimum absolute atomic E-state index is 0.0984. The second-order valence-corrected chi connectivity index (χ2v) is 4.59. The molecule has 21 heavy (non-hydrogen) atoms. The van der Waals surface area contributed by atoms with Crippen LogP contribution in [0.3, 0.4) is 0 Å². The third kappa shape index (κ3) is 6.22. The van der Waals surface area contributed by atoms with E-state index in [4.69, 9.17) is 4.74 Å². The quantitative estimate of drug-likeness (QED) is 0.531. The number of hydrogen-bond donors (Lipinski definition) is 2. The van der Waals surface area contributed by atoms with Gasteiger partial charge in [0.1, 0.15) is 0 Å². The fraction of sp³-hybridized carbons (Fsp3) is 0.500. The molecule has 0 aliphatic carbocycles. The number of nitro groups is 1. The van der Waals surface area contributed by atoms with E-state index < -0.39 is 4.92 Å². The van der Waals surface area contributed by atoms with Crippen LogP contribution in [0, 0.1) is 10.1 Å². The molecule has 7 heteroatoms. The minimum Gasteiger partial charge on any atom is -0.486 e. The highest BCUT2D eigenvalue weighted by atomic mass is 16.6. The van der Waals surface area contributed by atoms with Gasteiger partial charge in [0.15, 0.2) is 5.75 Å². The van der Waals surface area contributed by atoms with E-state index in [0.29, 0.717) is 6.54 Å². The van der Waals surface area contributed by atoms with Crippen molar-refractivity contribution in [3.63, 3.8) is 0 Å². The van der Waals surface area contributed by atoms with Crippen molar-refractivity contribution in [1.82, 2.24) is 10.6 Å². The molecule has 7 nitrogen and oxygen atoms in total. The van der Waals surface area contributed by atoms with Gasteiger partial charge in [-0.1, -0.05) is 19.1 Å². The molecule has 1 aromatic carbocycles. The van der Waals surface area contributed by atoms with Gasteiger partial charge in [0, 0.05) is 18.7 Å². The molecule has 0 unspecified atom stereocenters. The highest BCUT2D eigenvalue weighted by molar-refractivity contribution is 5.76. The van der Waals surface area contributed by atoms with Crippen LogP contribution in [0.4, 0.5) is 5.69 Å². The number of hydrogen-bond acceptors (Lipinski definition) is 5. The Bertz CT molecular complexity index is 479. The molecule has 1 amide bonds. The molecular weight excluding hydrogens is 274 g/mol. The average molecular weight is 295 g/mol. The lowest BCUT2D eigenvalue weighted by Crippen LogP contribution is -2.39. The molecule has 1 aromatic rings. The van der Waals surface area contributed by atoms with Crippen LogP contribution in [0.15, 0.2) is 24.3 Å². The van der Waals surface area contributed by atoms with E-state index in [2.05, 4.69) is 10.6 Å². The zero-order valence-electron chi connectivity index (χ0n) is 12.3. The first kappa shape index (κ1) is 16.9. The SMILES string of the molecule is CCN[C@H](C)CNC(=O)CCOc1ccccc1[N+](=O)[O-]. The summed E-state index contributed by atoms with van der Waals surface area (Å²) in [5, 5.41) is 16.8. The van der Waals surface area contributed by atoms with Crippen molar-refractivity contribution in [1.29, 1.82) is 0 Å². The number of benzene rings is 1. The van der Waals surface area contributed by atoms with Crippen LogP contribution in [0.2, 0.25) is 0 Å². The Morgan fingerprint density at radius 2 is 2.14 bits per heavy atom. The zero-order valence-corrected chi connectivity index (χ0v) is 12.3. The number of carbonyl (C=O) groups is 1. The van der Waals surface area contributed by atoms with Crippen molar-refractivity contribution in [2.75, 3.05) is 19.7 Å². The Kier molecular flexibility index (Phi) is 7.17. The summed E-state index contributed by atoms with van der Waals surface area (Å²) in [5.74, 6) is 0.0367. The molecule has 0 saturated carbocycles. The predicted octanol–water partition coefficient (Wildman–Crippen LogP) is 1.48. The number of nitrogens with zero attached hydrogens (tertiary/aromatic N) is 1. The molecule has 0 radical (unpaired) electrons. The summed E-state index contributed by atoms with van der Waals surface area (Å²) in [6, 6.07) is 6.31. The van der Waals surface area contributed by atoms with E-state index in [-0.39, 0.29) is 36.4 Å². The number of carbonyl (C=O) groups excluding carboxylic acids is 1. The summed E-state index contributed by atoms with van der Waals surface area (Å²) >= 11 is 0. The van der Waals surface area contributed by atoms with Gasteiger partial charge in [-0.05, 0) is 19.5 Å². The lowest BCUT2D eigenvalue weighted by atomic mass is 10.3. The van der Waals surface area contributed by atoms with Crippen molar-refractivity contribution in [3.05, 3.63) is 34.4 Å². The summed E-state index contributed by atoms with van der Waals surface area (Å²) in [6.45, 7) is 5.47. The van der Waals surface area contributed by atoms with Crippen molar-refractivity contribution in [2.45, 2.75) is 26.3 Å². The monoisotopic (exact) mass is 295 g/mol. The van der Waals surface area contributed by atoms with E-state index in [9.17, 15) is 14.9 Å². The lowest BCUT2D eigenvalue weighted by molar-refractivity contribution is -0.385. The molecule has 1 atom stereocenters. The van der Waals surface area contributed by atoms with Gasteiger partial charge in [-0.15, -0.1) is 0 Å². The lowest BCUT2D eigenvalue weighted by Gasteiger charge is -2.13. The highest BCUT2D eigenvalue weighted by Crippen LogP contribution is 2.25. The Morgan fingerprint density at radius 1 is 1.43 bits per heavy atom. The Labute approximate surface area is 123 Å².